The summed E-state index contributed by atoms with van der Waals surface area (Å²) in [4.78, 5) is 0. The summed E-state index contributed by atoms with van der Waals surface area (Å²) >= 11 is 0. The fraction of sp³-hybridized carbons (Fsp3) is 0. The monoisotopic (exact) mass is 348 g/mol. The summed E-state index contributed by atoms with van der Waals surface area (Å²) in [5.74, 6) is 0. The molecule has 7 heteroatoms. The van der Waals surface area contributed by atoms with Gasteiger partial charge in [-0.15, -0.1) is 0 Å². The first kappa shape index (κ1) is 460. The molecule has 0 aliphatic rings. The summed E-state index contributed by atoms with van der Waals surface area (Å²) in [6.45, 7) is 0. The van der Waals surface area contributed by atoms with Crippen LogP contribution in [0.1, 0.15) is 0 Å². The van der Waals surface area contributed by atoms with Crippen LogP contribution in [0.3, 0.4) is 0 Å². The predicted octanol–water partition coefficient (Wildman–Crippen LogP) is -11.7. The van der Waals surface area contributed by atoms with Gasteiger partial charge in [-0.25, -0.2) is 0 Å². The topological polar surface area (TPSA) is 0 Å². The van der Waals surface area contributed by atoms with E-state index in [-0.39, 0.29) is 68.2 Å². The third kappa shape index (κ3) is 203. The van der Waals surface area contributed by atoms with Crippen LogP contribution in [0.4, 0.5) is 9.41 Å². The molecule has 0 radical (unpaired) electrons. The molecule has 48 valence electrons. The molecule has 0 rings (SSSR count). The van der Waals surface area contributed by atoms with Gasteiger partial charge in [0.2, 0.25) is 0 Å². The second-order valence-electron chi connectivity index (χ2n) is 0. The van der Waals surface area contributed by atoms with E-state index in [0.29, 0.717) is 0 Å². The Hall–Kier alpha value is 0.905. The Morgan fingerprint density at radius 2 is 0.429 bits per heavy atom. The minimum atomic E-state index is 0. The molecule has 0 aliphatic heterocycles. The molecule has 0 nitrogen and oxygen atoms in total. The van der Waals surface area contributed by atoms with Crippen LogP contribution in [0.15, 0.2) is 0 Å². The fourth-order valence-electron chi connectivity index (χ4n) is 0. The second kappa shape index (κ2) is 294. The molecule has 0 unspecified atom stereocenters. The summed E-state index contributed by atoms with van der Waals surface area (Å²) < 4.78 is 0. The zero-order chi connectivity index (χ0) is 0. The first-order chi connectivity index (χ1) is 0. The van der Waals surface area contributed by atoms with E-state index in [9.17, 15) is 0 Å². The molecule has 0 aliphatic carbocycles. The van der Waals surface area contributed by atoms with Gasteiger partial charge in [-0.3, -0.25) is 9.41 Å². The maximum atomic E-state index is 0. The van der Waals surface area contributed by atoms with Crippen LogP contribution in [0.25, 0.3) is 0 Å². The number of rotatable bonds is 0. The van der Waals surface area contributed by atoms with Crippen molar-refractivity contribution in [3.8, 4) is 0 Å². The van der Waals surface area contributed by atoms with E-state index >= 15 is 0 Å². The molecule has 0 spiro atoms. The quantitative estimate of drug-likeness (QED) is 0.382. The minimum Gasteiger partial charge on any atom is -1.00 e. The molecule has 0 bridgehead atoms. The number of hydrogen-bond donors (Lipinski definition) is 0. The Bertz CT molecular complexity index is 4.14. The van der Waals surface area contributed by atoms with Gasteiger partial charge in [-0.2, -0.15) is 0 Å². The maximum Gasteiger partial charge on any atom is 4.00 e. The van der Waals surface area contributed by atoms with Gasteiger partial charge in [0, 0.05) is 0 Å². The van der Waals surface area contributed by atoms with Gasteiger partial charge in [0.15, 0.2) is 0 Å². The van der Waals surface area contributed by atoms with Gasteiger partial charge in [-0.1, -0.05) is 0 Å². The van der Waals surface area contributed by atoms with Crippen LogP contribution >= 0.6 is 0 Å². The average molecular weight is 348 g/mol. The van der Waals surface area contributed by atoms with Crippen molar-refractivity contribution in [3.63, 3.8) is 0 Å². The largest absolute Gasteiger partial charge is 4.00 e. The van der Waals surface area contributed by atoms with Crippen LogP contribution < -0.4 is 18.8 Å². The Labute approximate surface area is 67.9 Å². The van der Waals surface area contributed by atoms with Crippen LogP contribution in [-0.4, -0.2) is 0 Å². The molecule has 0 atom stereocenters. The molecule has 0 aromatic rings. The van der Waals surface area contributed by atoms with Crippen LogP contribution in [0.5, 0.6) is 0 Å². The zero-order valence-corrected chi connectivity index (χ0v) is 6.94. The molecule has 0 fully saturated rings. The maximum absolute atomic E-state index is 0. The number of hydrogen-bond acceptors (Lipinski definition) is 0. The third-order valence-electron chi connectivity index (χ3n) is 0. The second-order valence-corrected chi connectivity index (χ2v) is 0. The molecule has 0 aromatic carbocycles. The molecule has 0 saturated carbocycles. The Morgan fingerprint density at radius 3 is 0.429 bits per heavy atom. The molecular formula is H2F6Th. The van der Waals surface area contributed by atoms with E-state index in [0.717, 1.165) is 0 Å². The van der Waals surface area contributed by atoms with E-state index in [4.69, 9.17) is 0 Å². The predicted molar refractivity (Wildman–Crippen MR) is 5.01 cm³/mol. The molecule has 0 saturated heterocycles. The standard InChI is InChI=1S/6FH.Th/h6*1H;/q;;;;;;+4/p-4. The van der Waals surface area contributed by atoms with E-state index in [1.54, 1.807) is 0 Å². The van der Waals surface area contributed by atoms with Gasteiger partial charge >= 0.3 is 39.9 Å². The van der Waals surface area contributed by atoms with E-state index < -0.39 is 0 Å². The van der Waals surface area contributed by atoms with Crippen molar-refractivity contribution in [3.05, 3.63) is 0 Å². The molecular weight excluding hydrogens is 346 g/mol. The van der Waals surface area contributed by atoms with Crippen molar-refractivity contribution in [2.75, 3.05) is 0 Å². The number of halogens is 6. The summed E-state index contributed by atoms with van der Waals surface area (Å²) in [6, 6.07) is 0. The molecule has 0 amide bonds. The van der Waals surface area contributed by atoms with E-state index in [1.165, 1.54) is 0 Å². The van der Waals surface area contributed by atoms with Gasteiger partial charge in [0.1, 0.15) is 0 Å². The first-order valence-electron chi connectivity index (χ1n) is 0. The Morgan fingerprint density at radius 1 is 0.429 bits per heavy atom. The first-order valence-corrected chi connectivity index (χ1v) is 0. The van der Waals surface area contributed by atoms with Crippen LogP contribution in [0.2, 0.25) is 0 Å². The van der Waals surface area contributed by atoms with Crippen molar-refractivity contribution in [1.29, 1.82) is 0 Å². The minimum absolute atomic E-state index is 0. The van der Waals surface area contributed by atoms with Crippen LogP contribution in [0, 0.1) is 39.9 Å². The van der Waals surface area contributed by atoms with Crippen LogP contribution in [-0.2, 0) is 0 Å². The van der Waals surface area contributed by atoms with E-state index in [2.05, 4.69) is 0 Å². The smallest absolute Gasteiger partial charge is 1.00 e. The molecule has 0 N–H and O–H groups in total. The average Bonchev–Trinajstić information content (AvgIpc) is 0. The van der Waals surface area contributed by atoms with Crippen molar-refractivity contribution >= 4 is 0 Å². The SMILES string of the molecule is F.F.[F-].[F-].[F-].[F-].[Th+4]. The Balaban J connectivity index is 0. The van der Waals surface area contributed by atoms with Gasteiger partial charge in [0.05, 0.1) is 0 Å². The molecule has 0 heterocycles. The summed E-state index contributed by atoms with van der Waals surface area (Å²) in [6.07, 6.45) is 0. The molecule has 7 heavy (non-hydrogen) atoms. The van der Waals surface area contributed by atoms with Gasteiger partial charge in [0.25, 0.3) is 0 Å². The fourth-order valence-corrected chi connectivity index (χ4v) is 0. The van der Waals surface area contributed by atoms with Gasteiger partial charge in [-0.05, 0) is 0 Å². The van der Waals surface area contributed by atoms with Gasteiger partial charge < -0.3 is 18.8 Å². The third-order valence-corrected chi connectivity index (χ3v) is 0. The Kier molecular flexibility index (Phi) is 19300. The summed E-state index contributed by atoms with van der Waals surface area (Å²) in [7, 11) is 0. The normalized spacial score (nSPS) is 0. The summed E-state index contributed by atoms with van der Waals surface area (Å²) in [5, 5.41) is 0. The summed E-state index contributed by atoms with van der Waals surface area (Å²) in [5.41, 5.74) is 0. The zero-order valence-electron chi connectivity index (χ0n) is 2.83. The van der Waals surface area contributed by atoms with Crippen molar-refractivity contribution < 1.29 is 68.2 Å². The van der Waals surface area contributed by atoms with Crippen molar-refractivity contribution in [2.24, 2.45) is 0 Å². The van der Waals surface area contributed by atoms with Crippen molar-refractivity contribution in [1.82, 2.24) is 0 Å². The van der Waals surface area contributed by atoms with Crippen molar-refractivity contribution in [2.45, 2.75) is 0 Å². The molecule has 0 aromatic heterocycles. The van der Waals surface area contributed by atoms with E-state index in [1.807, 2.05) is 0 Å².